The zero-order valence-electron chi connectivity index (χ0n) is 13.8. The van der Waals surface area contributed by atoms with Crippen LogP contribution in [0, 0.1) is 0 Å². The van der Waals surface area contributed by atoms with E-state index in [4.69, 9.17) is 14.6 Å². The molecular weight excluding hydrogens is 400 g/mol. The molecule has 0 aliphatic rings. The number of esters is 2. The first kappa shape index (κ1) is 20.5. The van der Waals surface area contributed by atoms with Crippen molar-refractivity contribution in [3.8, 4) is 11.5 Å². The SMILES string of the molecule is CCOc1cc(C=C(C(=O)OC)C(=O)OC)cc(Br)c1OCC(=O)O. The van der Waals surface area contributed by atoms with Crippen molar-refractivity contribution in [1.82, 2.24) is 0 Å². The summed E-state index contributed by atoms with van der Waals surface area (Å²) >= 11 is 3.26. The van der Waals surface area contributed by atoms with E-state index in [1.165, 1.54) is 18.2 Å². The third kappa shape index (κ3) is 5.79. The van der Waals surface area contributed by atoms with Crippen LogP contribution in [0.15, 0.2) is 22.2 Å². The van der Waals surface area contributed by atoms with Crippen LogP contribution in [0.4, 0.5) is 0 Å². The standard InChI is InChI=1S/C16H17BrO8/c1-4-24-12-7-9(5-10(15(20)22-2)16(21)23-3)6-11(17)14(12)25-8-13(18)19/h5-7H,4,8H2,1-3H3,(H,18,19). The maximum atomic E-state index is 11.7. The van der Waals surface area contributed by atoms with Crippen molar-refractivity contribution in [3.05, 3.63) is 27.7 Å². The highest BCUT2D eigenvalue weighted by atomic mass is 79.9. The largest absolute Gasteiger partial charge is 0.490 e. The summed E-state index contributed by atoms with van der Waals surface area (Å²) < 4.78 is 20.2. The molecule has 8 nitrogen and oxygen atoms in total. The van der Waals surface area contributed by atoms with E-state index in [1.807, 2.05) is 0 Å². The van der Waals surface area contributed by atoms with Crippen molar-refractivity contribution in [2.24, 2.45) is 0 Å². The van der Waals surface area contributed by atoms with Gasteiger partial charge in [-0.2, -0.15) is 0 Å². The molecule has 0 bridgehead atoms. The Kier molecular flexibility index (Phi) is 7.93. The van der Waals surface area contributed by atoms with E-state index in [0.29, 0.717) is 16.6 Å². The fraction of sp³-hybridized carbons (Fsp3) is 0.312. The molecule has 1 rings (SSSR count). The molecule has 0 spiro atoms. The quantitative estimate of drug-likeness (QED) is 0.296. The monoisotopic (exact) mass is 416 g/mol. The molecule has 1 N–H and O–H groups in total. The maximum Gasteiger partial charge on any atom is 0.345 e. The van der Waals surface area contributed by atoms with Gasteiger partial charge in [0.1, 0.15) is 5.57 Å². The minimum absolute atomic E-state index is 0.194. The average molecular weight is 417 g/mol. The molecule has 0 fully saturated rings. The number of carbonyl (C=O) groups excluding carboxylic acids is 2. The van der Waals surface area contributed by atoms with Crippen LogP contribution in [0.1, 0.15) is 12.5 Å². The topological polar surface area (TPSA) is 108 Å². The van der Waals surface area contributed by atoms with E-state index < -0.39 is 24.5 Å². The average Bonchev–Trinajstić information content (AvgIpc) is 2.57. The molecule has 1 aromatic carbocycles. The Morgan fingerprint density at radius 1 is 1.12 bits per heavy atom. The van der Waals surface area contributed by atoms with Gasteiger partial charge in [0.25, 0.3) is 0 Å². The molecule has 0 saturated heterocycles. The van der Waals surface area contributed by atoms with E-state index in [2.05, 4.69) is 25.4 Å². The molecule has 0 radical (unpaired) electrons. The highest BCUT2D eigenvalue weighted by molar-refractivity contribution is 9.10. The second-order valence-electron chi connectivity index (χ2n) is 4.49. The Balaban J connectivity index is 3.36. The summed E-state index contributed by atoms with van der Waals surface area (Å²) in [5.41, 5.74) is 0.113. The van der Waals surface area contributed by atoms with Gasteiger partial charge in [-0.25, -0.2) is 14.4 Å². The Morgan fingerprint density at radius 2 is 1.72 bits per heavy atom. The summed E-state index contributed by atoms with van der Waals surface area (Å²) in [5, 5.41) is 8.74. The number of carbonyl (C=O) groups is 3. The summed E-state index contributed by atoms with van der Waals surface area (Å²) in [7, 11) is 2.28. The highest BCUT2D eigenvalue weighted by Gasteiger charge is 2.21. The first-order valence-corrected chi connectivity index (χ1v) is 7.82. The van der Waals surface area contributed by atoms with Crippen molar-refractivity contribution >= 4 is 39.9 Å². The molecule has 9 heteroatoms. The fourth-order valence-electron chi connectivity index (χ4n) is 1.80. The number of ether oxygens (including phenoxy) is 4. The second-order valence-corrected chi connectivity index (χ2v) is 5.34. The third-order valence-electron chi connectivity index (χ3n) is 2.79. The molecule has 0 unspecified atom stereocenters. The molecule has 0 aliphatic heterocycles. The number of halogens is 1. The Hall–Kier alpha value is -2.55. The number of hydrogen-bond acceptors (Lipinski definition) is 7. The van der Waals surface area contributed by atoms with Gasteiger partial charge in [-0.3, -0.25) is 0 Å². The molecule has 25 heavy (non-hydrogen) atoms. The smallest absolute Gasteiger partial charge is 0.345 e. The van der Waals surface area contributed by atoms with Gasteiger partial charge in [0.05, 0.1) is 25.3 Å². The van der Waals surface area contributed by atoms with Gasteiger partial charge < -0.3 is 24.1 Å². The van der Waals surface area contributed by atoms with Crippen LogP contribution in [-0.4, -0.2) is 50.4 Å². The van der Waals surface area contributed by atoms with Crippen LogP contribution in [0.5, 0.6) is 11.5 Å². The van der Waals surface area contributed by atoms with Gasteiger partial charge in [-0.1, -0.05) is 0 Å². The van der Waals surface area contributed by atoms with E-state index in [-0.39, 0.29) is 17.1 Å². The predicted molar refractivity (Wildman–Crippen MR) is 90.5 cm³/mol. The predicted octanol–water partition coefficient (Wildman–Crippen LogP) is 2.04. The lowest BCUT2D eigenvalue weighted by molar-refractivity contribution is -0.144. The van der Waals surface area contributed by atoms with Crippen LogP contribution in [-0.2, 0) is 23.9 Å². The number of carboxylic acid groups (broad SMARTS) is 1. The van der Waals surface area contributed by atoms with Gasteiger partial charge in [0.15, 0.2) is 18.1 Å². The Bertz CT molecular complexity index is 678. The lowest BCUT2D eigenvalue weighted by Crippen LogP contribution is -2.15. The van der Waals surface area contributed by atoms with E-state index in [9.17, 15) is 14.4 Å². The first-order chi connectivity index (χ1) is 11.8. The summed E-state index contributed by atoms with van der Waals surface area (Å²) in [6.45, 7) is 1.49. The van der Waals surface area contributed by atoms with Crippen molar-refractivity contribution in [2.45, 2.75) is 6.92 Å². The van der Waals surface area contributed by atoms with Gasteiger partial charge in [-0.15, -0.1) is 0 Å². The number of rotatable bonds is 8. The summed E-state index contributed by atoms with van der Waals surface area (Å²) in [5.74, 6) is -2.41. The van der Waals surface area contributed by atoms with Crippen molar-refractivity contribution < 1.29 is 38.4 Å². The van der Waals surface area contributed by atoms with Crippen molar-refractivity contribution in [1.29, 1.82) is 0 Å². The summed E-state index contributed by atoms with van der Waals surface area (Å²) in [4.78, 5) is 34.2. The first-order valence-electron chi connectivity index (χ1n) is 7.03. The minimum atomic E-state index is -1.14. The van der Waals surface area contributed by atoms with Gasteiger partial charge >= 0.3 is 17.9 Å². The van der Waals surface area contributed by atoms with Gasteiger partial charge in [-0.05, 0) is 46.6 Å². The van der Waals surface area contributed by atoms with Gasteiger partial charge in [0.2, 0.25) is 0 Å². The molecule has 0 aromatic heterocycles. The minimum Gasteiger partial charge on any atom is -0.490 e. The van der Waals surface area contributed by atoms with Crippen LogP contribution in [0.3, 0.4) is 0 Å². The highest BCUT2D eigenvalue weighted by Crippen LogP contribution is 2.37. The van der Waals surface area contributed by atoms with E-state index >= 15 is 0 Å². The van der Waals surface area contributed by atoms with Crippen molar-refractivity contribution in [3.63, 3.8) is 0 Å². The van der Waals surface area contributed by atoms with E-state index in [0.717, 1.165) is 14.2 Å². The fourth-order valence-corrected chi connectivity index (χ4v) is 2.37. The zero-order valence-corrected chi connectivity index (χ0v) is 15.4. The number of carboxylic acids is 1. The molecule has 0 atom stereocenters. The molecular formula is C16H17BrO8. The number of aliphatic carboxylic acids is 1. The summed E-state index contributed by atoms with van der Waals surface area (Å²) in [6, 6.07) is 3.03. The number of methoxy groups -OCH3 is 2. The van der Waals surface area contributed by atoms with Crippen LogP contribution in [0.25, 0.3) is 6.08 Å². The van der Waals surface area contributed by atoms with Crippen molar-refractivity contribution in [2.75, 3.05) is 27.4 Å². The lowest BCUT2D eigenvalue weighted by Gasteiger charge is -2.14. The van der Waals surface area contributed by atoms with Gasteiger partial charge in [0, 0.05) is 0 Å². The summed E-state index contributed by atoms with van der Waals surface area (Å²) in [6.07, 6.45) is 1.27. The number of hydrogen-bond donors (Lipinski definition) is 1. The van der Waals surface area contributed by atoms with Crippen LogP contribution < -0.4 is 9.47 Å². The zero-order chi connectivity index (χ0) is 19.0. The number of benzene rings is 1. The Morgan fingerprint density at radius 3 is 2.20 bits per heavy atom. The molecule has 0 heterocycles. The normalized spacial score (nSPS) is 9.76. The third-order valence-corrected chi connectivity index (χ3v) is 3.38. The maximum absolute atomic E-state index is 11.7. The molecule has 0 saturated carbocycles. The van der Waals surface area contributed by atoms with Crippen LogP contribution >= 0.6 is 15.9 Å². The van der Waals surface area contributed by atoms with Crippen LogP contribution in [0.2, 0.25) is 0 Å². The second kappa shape index (κ2) is 9.67. The van der Waals surface area contributed by atoms with E-state index in [1.54, 1.807) is 6.92 Å². The molecule has 1 aromatic rings. The Labute approximate surface area is 152 Å². The lowest BCUT2D eigenvalue weighted by atomic mass is 10.1. The molecule has 136 valence electrons. The molecule has 0 amide bonds. The molecule has 0 aliphatic carbocycles.